The minimum Gasteiger partial charge on any atom is -0.378 e. The van der Waals surface area contributed by atoms with E-state index in [0.29, 0.717) is 41.2 Å². The molecule has 0 saturated carbocycles. The average Bonchev–Trinajstić information content (AvgIpc) is 2.32. The zero-order valence-corrected chi connectivity index (χ0v) is 11.3. The van der Waals surface area contributed by atoms with Crippen LogP contribution in [0.15, 0.2) is 18.2 Å². The fraction of sp³-hybridized carbons (Fsp3) is 0.364. The third kappa shape index (κ3) is 5.13. The summed E-state index contributed by atoms with van der Waals surface area (Å²) in [5.74, 6) is 0.235. The fourth-order valence-electron chi connectivity index (χ4n) is 1.13. The third-order valence-corrected chi connectivity index (χ3v) is 2.83. The summed E-state index contributed by atoms with van der Waals surface area (Å²) >= 11 is 17.0. The van der Waals surface area contributed by atoms with Crippen molar-refractivity contribution in [3.05, 3.63) is 33.8 Å². The summed E-state index contributed by atoms with van der Waals surface area (Å²) in [4.78, 5) is 11.6. The van der Waals surface area contributed by atoms with Crippen LogP contribution in [0.3, 0.4) is 0 Å². The van der Waals surface area contributed by atoms with Gasteiger partial charge in [0.15, 0.2) is 0 Å². The minimum absolute atomic E-state index is 0.210. The van der Waals surface area contributed by atoms with E-state index in [0.717, 1.165) is 0 Å². The smallest absolute Gasteiger partial charge is 0.251 e. The molecule has 17 heavy (non-hydrogen) atoms. The highest BCUT2D eigenvalue weighted by Crippen LogP contribution is 2.22. The Morgan fingerprint density at radius 1 is 1.24 bits per heavy atom. The van der Waals surface area contributed by atoms with E-state index in [4.69, 9.17) is 39.5 Å². The van der Waals surface area contributed by atoms with E-state index < -0.39 is 0 Å². The van der Waals surface area contributed by atoms with Crippen LogP contribution in [-0.4, -0.2) is 31.5 Å². The van der Waals surface area contributed by atoms with Crippen molar-refractivity contribution in [2.24, 2.45) is 0 Å². The topological polar surface area (TPSA) is 38.3 Å². The maximum absolute atomic E-state index is 11.6. The number of halogens is 3. The number of carbonyl (C=O) groups is 1. The third-order valence-electron chi connectivity index (χ3n) is 1.94. The van der Waals surface area contributed by atoms with Gasteiger partial charge < -0.3 is 10.1 Å². The molecule has 94 valence electrons. The second kappa shape index (κ2) is 7.77. The Hall–Kier alpha value is -0.480. The molecule has 1 rings (SSSR count). The molecule has 1 amide bonds. The van der Waals surface area contributed by atoms with Crippen molar-refractivity contribution in [3.63, 3.8) is 0 Å². The van der Waals surface area contributed by atoms with E-state index in [2.05, 4.69) is 5.32 Å². The lowest BCUT2D eigenvalue weighted by molar-refractivity contribution is 0.0923. The van der Waals surface area contributed by atoms with E-state index in [1.54, 1.807) is 12.1 Å². The highest BCUT2D eigenvalue weighted by molar-refractivity contribution is 6.42. The number of amides is 1. The number of rotatable bonds is 6. The number of ether oxygens (including phenoxy) is 1. The van der Waals surface area contributed by atoms with Crippen LogP contribution in [0.1, 0.15) is 10.4 Å². The lowest BCUT2D eigenvalue weighted by Crippen LogP contribution is -2.27. The first kappa shape index (κ1) is 14.6. The van der Waals surface area contributed by atoms with Gasteiger partial charge in [0, 0.05) is 18.0 Å². The van der Waals surface area contributed by atoms with Crippen LogP contribution in [0, 0.1) is 0 Å². The maximum Gasteiger partial charge on any atom is 0.251 e. The number of hydrogen-bond donors (Lipinski definition) is 1. The van der Waals surface area contributed by atoms with Gasteiger partial charge in [-0.3, -0.25) is 4.79 Å². The maximum atomic E-state index is 11.6. The first-order valence-corrected chi connectivity index (χ1v) is 6.31. The van der Waals surface area contributed by atoms with Gasteiger partial charge in [-0.15, -0.1) is 11.6 Å². The van der Waals surface area contributed by atoms with E-state index in [1.165, 1.54) is 6.07 Å². The van der Waals surface area contributed by atoms with Gasteiger partial charge in [-0.25, -0.2) is 0 Å². The summed E-state index contributed by atoms with van der Waals surface area (Å²) in [6, 6.07) is 4.73. The summed E-state index contributed by atoms with van der Waals surface area (Å²) in [5, 5.41) is 3.48. The number of nitrogens with one attached hydrogen (secondary N) is 1. The number of benzene rings is 1. The predicted molar refractivity (Wildman–Crippen MR) is 70.3 cm³/mol. The predicted octanol–water partition coefficient (Wildman–Crippen LogP) is 2.98. The van der Waals surface area contributed by atoms with Crippen LogP contribution < -0.4 is 5.32 Å². The van der Waals surface area contributed by atoms with Gasteiger partial charge in [-0.05, 0) is 18.2 Å². The molecule has 0 atom stereocenters. The standard InChI is InChI=1S/C11H12Cl3NO2/c12-3-5-17-6-4-15-11(16)8-1-2-9(13)10(14)7-8/h1-2,7H,3-6H2,(H,15,16). The van der Waals surface area contributed by atoms with Gasteiger partial charge in [0.25, 0.3) is 5.91 Å². The second-order valence-corrected chi connectivity index (χ2v) is 4.38. The van der Waals surface area contributed by atoms with Crippen LogP contribution in [-0.2, 0) is 4.74 Å². The van der Waals surface area contributed by atoms with Crippen LogP contribution >= 0.6 is 34.8 Å². The molecule has 3 nitrogen and oxygen atoms in total. The SMILES string of the molecule is O=C(NCCOCCCl)c1ccc(Cl)c(Cl)c1. The largest absolute Gasteiger partial charge is 0.378 e. The first-order valence-electron chi connectivity index (χ1n) is 5.02. The van der Waals surface area contributed by atoms with Crippen molar-refractivity contribution in [1.29, 1.82) is 0 Å². The Kier molecular flexibility index (Phi) is 6.66. The van der Waals surface area contributed by atoms with E-state index in [9.17, 15) is 4.79 Å². The van der Waals surface area contributed by atoms with E-state index in [1.807, 2.05) is 0 Å². The fourth-order valence-corrected chi connectivity index (χ4v) is 1.54. The van der Waals surface area contributed by atoms with Crippen LogP contribution in [0.2, 0.25) is 10.0 Å². The van der Waals surface area contributed by atoms with Crippen LogP contribution in [0.4, 0.5) is 0 Å². The van der Waals surface area contributed by atoms with Gasteiger partial charge in [0.2, 0.25) is 0 Å². The Balaban J connectivity index is 2.39. The highest BCUT2D eigenvalue weighted by atomic mass is 35.5. The minimum atomic E-state index is -0.210. The molecule has 0 saturated heterocycles. The summed E-state index contributed by atoms with van der Waals surface area (Å²) in [5.41, 5.74) is 0.469. The van der Waals surface area contributed by atoms with Crippen LogP contribution in [0.5, 0.6) is 0 Å². The molecule has 6 heteroatoms. The molecule has 1 aromatic rings. The molecule has 0 aliphatic rings. The van der Waals surface area contributed by atoms with Crippen LogP contribution in [0.25, 0.3) is 0 Å². The lowest BCUT2D eigenvalue weighted by atomic mass is 10.2. The monoisotopic (exact) mass is 295 g/mol. The highest BCUT2D eigenvalue weighted by Gasteiger charge is 2.07. The quantitative estimate of drug-likeness (QED) is 0.647. The lowest BCUT2D eigenvalue weighted by Gasteiger charge is -2.06. The molecular weight excluding hydrogens is 284 g/mol. The summed E-state index contributed by atoms with van der Waals surface area (Å²) < 4.78 is 5.12. The van der Waals surface area contributed by atoms with Crippen molar-refractivity contribution in [2.75, 3.05) is 25.6 Å². The number of carbonyl (C=O) groups excluding carboxylic acids is 1. The summed E-state index contributed by atoms with van der Waals surface area (Å²) in [6.45, 7) is 1.33. The van der Waals surface area contributed by atoms with Crippen molar-refractivity contribution in [2.45, 2.75) is 0 Å². The number of alkyl halides is 1. The molecule has 0 heterocycles. The summed E-state index contributed by atoms with van der Waals surface area (Å²) in [6.07, 6.45) is 0. The Labute approximate surface area is 115 Å². The van der Waals surface area contributed by atoms with Crippen molar-refractivity contribution in [1.82, 2.24) is 5.32 Å². The van der Waals surface area contributed by atoms with Gasteiger partial charge in [-0.1, -0.05) is 23.2 Å². The van der Waals surface area contributed by atoms with E-state index in [-0.39, 0.29) is 5.91 Å². The second-order valence-electron chi connectivity index (χ2n) is 3.19. The first-order chi connectivity index (χ1) is 8.15. The molecule has 0 aromatic heterocycles. The molecule has 0 fully saturated rings. The Morgan fingerprint density at radius 3 is 2.65 bits per heavy atom. The van der Waals surface area contributed by atoms with Crippen molar-refractivity contribution in [3.8, 4) is 0 Å². The van der Waals surface area contributed by atoms with Crippen molar-refractivity contribution >= 4 is 40.7 Å². The van der Waals surface area contributed by atoms with Gasteiger partial charge in [-0.2, -0.15) is 0 Å². The van der Waals surface area contributed by atoms with Gasteiger partial charge in [0.1, 0.15) is 0 Å². The van der Waals surface area contributed by atoms with Crippen molar-refractivity contribution < 1.29 is 9.53 Å². The van der Waals surface area contributed by atoms with Gasteiger partial charge >= 0.3 is 0 Å². The molecule has 1 N–H and O–H groups in total. The zero-order valence-electron chi connectivity index (χ0n) is 9.01. The normalized spacial score (nSPS) is 10.3. The van der Waals surface area contributed by atoms with Gasteiger partial charge in [0.05, 0.1) is 23.3 Å². The molecular formula is C11H12Cl3NO2. The molecule has 0 aliphatic heterocycles. The zero-order chi connectivity index (χ0) is 12.7. The molecule has 0 radical (unpaired) electrons. The number of hydrogen-bond acceptors (Lipinski definition) is 2. The summed E-state index contributed by atoms with van der Waals surface area (Å²) in [7, 11) is 0. The molecule has 1 aromatic carbocycles. The Morgan fingerprint density at radius 2 is 2.00 bits per heavy atom. The Bertz CT molecular complexity index is 385. The van der Waals surface area contributed by atoms with E-state index >= 15 is 0 Å². The molecule has 0 bridgehead atoms. The molecule has 0 unspecified atom stereocenters. The molecule has 0 spiro atoms. The molecule has 0 aliphatic carbocycles. The average molecular weight is 297 g/mol.